The summed E-state index contributed by atoms with van der Waals surface area (Å²) in [7, 11) is 0. The van der Waals surface area contributed by atoms with Crippen molar-refractivity contribution in [2.45, 2.75) is 13.1 Å². The molecule has 1 heterocycles. The van der Waals surface area contributed by atoms with E-state index in [0.717, 1.165) is 22.1 Å². The molecule has 1 aromatic heterocycles. The molecule has 2 aromatic carbocycles. The maximum absolute atomic E-state index is 10.6. The second-order valence-electron chi connectivity index (χ2n) is 4.78. The smallest absolute Gasteiger partial charge is 0.269 e. The van der Waals surface area contributed by atoms with Crippen LogP contribution in [0.3, 0.4) is 0 Å². The number of nitro groups is 1. The largest absolute Gasteiger partial charge is 0.464 e. The molecule has 0 saturated heterocycles. The van der Waals surface area contributed by atoms with Gasteiger partial charge in [-0.05, 0) is 11.6 Å². The summed E-state index contributed by atoms with van der Waals surface area (Å²) < 4.78 is 5.48. The molecule has 0 bridgehead atoms. The Balaban J connectivity index is 1.62. The number of nitro benzene ring substituents is 1. The lowest BCUT2D eigenvalue weighted by Crippen LogP contribution is -2.12. The zero-order valence-corrected chi connectivity index (χ0v) is 11.3. The Kier molecular flexibility index (Phi) is 3.66. The number of para-hydroxylation sites is 1. The number of fused-ring (bicyclic) bond motifs is 1. The van der Waals surface area contributed by atoms with Gasteiger partial charge in [0.25, 0.3) is 5.69 Å². The summed E-state index contributed by atoms with van der Waals surface area (Å²) in [5, 5.41) is 15.0. The first-order valence-corrected chi connectivity index (χ1v) is 6.63. The van der Waals surface area contributed by atoms with Crippen molar-refractivity contribution in [3.05, 3.63) is 76.0 Å². The molecule has 106 valence electrons. The van der Waals surface area contributed by atoms with Crippen molar-refractivity contribution < 1.29 is 9.34 Å². The second kappa shape index (κ2) is 5.76. The van der Waals surface area contributed by atoms with Crippen molar-refractivity contribution >= 4 is 16.7 Å². The van der Waals surface area contributed by atoms with Gasteiger partial charge >= 0.3 is 0 Å². The Morgan fingerprint density at radius 3 is 2.57 bits per heavy atom. The van der Waals surface area contributed by atoms with Gasteiger partial charge in [-0.3, -0.25) is 10.1 Å². The fourth-order valence-corrected chi connectivity index (χ4v) is 2.25. The van der Waals surface area contributed by atoms with Gasteiger partial charge in [0.1, 0.15) is 5.58 Å². The van der Waals surface area contributed by atoms with E-state index in [0.29, 0.717) is 13.1 Å². The molecule has 0 amide bonds. The molecule has 0 atom stereocenters. The molecular formula is C16H14N2O3. The highest BCUT2D eigenvalue weighted by atomic mass is 16.6. The lowest BCUT2D eigenvalue weighted by molar-refractivity contribution is -0.384. The van der Waals surface area contributed by atoms with Crippen LogP contribution in [0.2, 0.25) is 0 Å². The van der Waals surface area contributed by atoms with Crippen LogP contribution in [0.4, 0.5) is 5.69 Å². The Morgan fingerprint density at radius 1 is 1.05 bits per heavy atom. The van der Waals surface area contributed by atoms with Gasteiger partial charge in [-0.2, -0.15) is 0 Å². The minimum absolute atomic E-state index is 0.111. The van der Waals surface area contributed by atoms with E-state index in [2.05, 4.69) is 5.32 Å². The summed E-state index contributed by atoms with van der Waals surface area (Å²) in [6.07, 6.45) is 1.76. The van der Waals surface area contributed by atoms with Crippen LogP contribution < -0.4 is 5.32 Å². The third-order valence-corrected chi connectivity index (χ3v) is 3.35. The predicted molar refractivity (Wildman–Crippen MR) is 79.9 cm³/mol. The number of non-ortho nitro benzene ring substituents is 1. The number of nitrogens with one attached hydrogen (secondary N) is 1. The van der Waals surface area contributed by atoms with E-state index in [9.17, 15) is 10.1 Å². The SMILES string of the molecule is O=[N+]([O-])c1ccc(CNCc2coc3ccccc23)cc1. The molecule has 0 aliphatic carbocycles. The number of rotatable bonds is 5. The second-order valence-corrected chi connectivity index (χ2v) is 4.78. The molecule has 3 rings (SSSR count). The van der Waals surface area contributed by atoms with Crippen LogP contribution in [0.15, 0.2) is 59.2 Å². The molecular weight excluding hydrogens is 268 g/mol. The molecule has 0 saturated carbocycles. The number of hydrogen-bond donors (Lipinski definition) is 1. The van der Waals surface area contributed by atoms with Gasteiger partial charge in [0.05, 0.1) is 11.2 Å². The number of nitrogens with zero attached hydrogens (tertiary/aromatic N) is 1. The maximum Gasteiger partial charge on any atom is 0.269 e. The van der Waals surface area contributed by atoms with Gasteiger partial charge in [0.15, 0.2) is 0 Å². The molecule has 0 aliphatic heterocycles. The van der Waals surface area contributed by atoms with Crippen molar-refractivity contribution in [1.29, 1.82) is 0 Å². The van der Waals surface area contributed by atoms with Gasteiger partial charge in [-0.25, -0.2) is 0 Å². The first kappa shape index (κ1) is 13.3. The van der Waals surface area contributed by atoms with E-state index in [-0.39, 0.29) is 5.69 Å². The highest BCUT2D eigenvalue weighted by molar-refractivity contribution is 5.80. The molecule has 0 radical (unpaired) electrons. The van der Waals surface area contributed by atoms with Crippen LogP contribution in [0.5, 0.6) is 0 Å². The van der Waals surface area contributed by atoms with Crippen LogP contribution in [-0.4, -0.2) is 4.92 Å². The van der Waals surface area contributed by atoms with Crippen molar-refractivity contribution in [3.8, 4) is 0 Å². The van der Waals surface area contributed by atoms with Gasteiger partial charge in [0.2, 0.25) is 0 Å². The maximum atomic E-state index is 10.6. The van der Waals surface area contributed by atoms with Gasteiger partial charge in [0, 0.05) is 36.2 Å². The highest BCUT2D eigenvalue weighted by Crippen LogP contribution is 2.20. The van der Waals surface area contributed by atoms with E-state index in [1.807, 2.05) is 24.3 Å². The standard InChI is InChI=1S/C16H14N2O3/c19-18(20)14-7-5-12(6-8-14)9-17-10-13-11-21-16-4-2-1-3-15(13)16/h1-8,11,17H,9-10H2. The molecule has 0 fully saturated rings. The molecule has 3 aromatic rings. The summed E-state index contributed by atoms with van der Waals surface area (Å²) in [5.41, 5.74) is 3.10. The molecule has 0 unspecified atom stereocenters. The quantitative estimate of drug-likeness (QED) is 0.573. The molecule has 21 heavy (non-hydrogen) atoms. The Hall–Kier alpha value is -2.66. The van der Waals surface area contributed by atoms with Crippen molar-refractivity contribution in [3.63, 3.8) is 0 Å². The average Bonchev–Trinajstić information content (AvgIpc) is 2.91. The summed E-state index contributed by atoms with van der Waals surface area (Å²) in [4.78, 5) is 10.2. The van der Waals surface area contributed by atoms with Gasteiger partial charge < -0.3 is 9.73 Å². The third-order valence-electron chi connectivity index (χ3n) is 3.35. The first-order valence-electron chi connectivity index (χ1n) is 6.63. The lowest BCUT2D eigenvalue weighted by atomic mass is 10.1. The third kappa shape index (κ3) is 2.93. The fourth-order valence-electron chi connectivity index (χ4n) is 2.25. The molecule has 1 N–H and O–H groups in total. The zero-order chi connectivity index (χ0) is 14.7. The fraction of sp³-hybridized carbons (Fsp3) is 0.125. The predicted octanol–water partition coefficient (Wildman–Crippen LogP) is 3.63. The van der Waals surface area contributed by atoms with E-state index >= 15 is 0 Å². The van der Waals surface area contributed by atoms with E-state index < -0.39 is 4.92 Å². The number of furan rings is 1. The van der Waals surface area contributed by atoms with Crippen LogP contribution in [0, 0.1) is 10.1 Å². The van der Waals surface area contributed by atoms with Crippen molar-refractivity contribution in [2.24, 2.45) is 0 Å². The minimum Gasteiger partial charge on any atom is -0.464 e. The zero-order valence-electron chi connectivity index (χ0n) is 11.3. The minimum atomic E-state index is -0.394. The molecule has 5 nitrogen and oxygen atoms in total. The Morgan fingerprint density at radius 2 is 1.81 bits per heavy atom. The average molecular weight is 282 g/mol. The van der Waals surface area contributed by atoms with E-state index in [4.69, 9.17) is 4.42 Å². The van der Waals surface area contributed by atoms with Crippen molar-refractivity contribution in [2.75, 3.05) is 0 Å². The number of benzene rings is 2. The van der Waals surface area contributed by atoms with E-state index in [1.165, 1.54) is 12.1 Å². The molecule has 0 spiro atoms. The van der Waals surface area contributed by atoms with Gasteiger partial charge in [-0.1, -0.05) is 30.3 Å². The summed E-state index contributed by atoms with van der Waals surface area (Å²) in [6, 6.07) is 14.5. The van der Waals surface area contributed by atoms with Crippen molar-refractivity contribution in [1.82, 2.24) is 5.32 Å². The van der Waals surface area contributed by atoms with Crippen LogP contribution in [-0.2, 0) is 13.1 Å². The van der Waals surface area contributed by atoms with Gasteiger partial charge in [-0.15, -0.1) is 0 Å². The topological polar surface area (TPSA) is 68.3 Å². The monoisotopic (exact) mass is 282 g/mol. The lowest BCUT2D eigenvalue weighted by Gasteiger charge is -2.03. The van der Waals surface area contributed by atoms with Crippen LogP contribution >= 0.6 is 0 Å². The summed E-state index contributed by atoms with van der Waals surface area (Å²) in [6.45, 7) is 1.34. The number of hydrogen-bond acceptors (Lipinski definition) is 4. The highest BCUT2D eigenvalue weighted by Gasteiger charge is 2.06. The Bertz CT molecular complexity index is 763. The molecule has 0 aliphatic rings. The Labute approximate surface area is 121 Å². The molecule has 5 heteroatoms. The normalized spacial score (nSPS) is 10.9. The van der Waals surface area contributed by atoms with E-state index in [1.54, 1.807) is 18.4 Å². The van der Waals surface area contributed by atoms with Crippen LogP contribution in [0.25, 0.3) is 11.0 Å². The first-order chi connectivity index (χ1) is 10.2. The summed E-state index contributed by atoms with van der Waals surface area (Å²) >= 11 is 0. The summed E-state index contributed by atoms with van der Waals surface area (Å²) in [5.74, 6) is 0. The van der Waals surface area contributed by atoms with Crippen LogP contribution in [0.1, 0.15) is 11.1 Å².